The van der Waals surface area contributed by atoms with Crippen molar-refractivity contribution in [1.82, 2.24) is 69.7 Å². The van der Waals surface area contributed by atoms with Gasteiger partial charge in [-0.2, -0.15) is 10.1 Å². The van der Waals surface area contributed by atoms with Crippen molar-refractivity contribution in [3.63, 3.8) is 0 Å². The van der Waals surface area contributed by atoms with Gasteiger partial charge < -0.3 is 104 Å². The monoisotopic (exact) mass is 1920 g/mol. The normalized spacial score (nSPS) is 26.2. The molecule has 1 aliphatic carbocycles. The van der Waals surface area contributed by atoms with E-state index >= 15 is 0 Å². The number of amides is 4. The fourth-order valence-electron chi connectivity index (χ4n) is 19.8. The summed E-state index contributed by atoms with van der Waals surface area (Å²) in [4.78, 5) is 157. The Morgan fingerprint density at radius 3 is 2.17 bits per heavy atom. The Morgan fingerprint density at radius 2 is 1.42 bits per heavy atom. The van der Waals surface area contributed by atoms with E-state index in [0.717, 1.165) is 51.0 Å². The first-order valence-corrected chi connectivity index (χ1v) is 48.9. The van der Waals surface area contributed by atoms with Gasteiger partial charge >= 0.3 is 12.1 Å². The molecule has 15 atom stereocenters. The average molecular weight is 1920 g/mol. The second-order valence-electron chi connectivity index (χ2n) is 37.9. The van der Waals surface area contributed by atoms with Gasteiger partial charge in [-0.3, -0.25) is 28.8 Å². The number of hydrogen-bond acceptors (Lipinski definition) is 32. The summed E-state index contributed by atoms with van der Waals surface area (Å²) in [7, 11) is 4.51. The number of ether oxygens (including phenoxy) is 10. The number of piperazine rings is 1. The van der Waals surface area contributed by atoms with Gasteiger partial charge in [0.2, 0.25) is 23.6 Å². The number of methoxy groups -OCH3 is 3. The number of allylic oxidation sites excluding steroid dienone is 6. The van der Waals surface area contributed by atoms with E-state index in [1.807, 2.05) is 84.0 Å². The molecule has 1 aromatic carbocycles. The number of anilines is 4. The summed E-state index contributed by atoms with van der Waals surface area (Å²) < 4.78 is 61.2. The van der Waals surface area contributed by atoms with Crippen LogP contribution in [0.2, 0.25) is 0 Å². The molecule has 7 aromatic rings. The van der Waals surface area contributed by atoms with Crippen molar-refractivity contribution < 1.29 is 95.9 Å². The number of H-pyrrole nitrogens is 1. The number of pyridine rings is 1. The number of aliphatic hydroxyl groups excluding tert-OH is 1. The summed E-state index contributed by atoms with van der Waals surface area (Å²) in [6.45, 7) is 19.7. The number of rotatable bonds is 28. The second kappa shape index (κ2) is 48.6. The van der Waals surface area contributed by atoms with Crippen LogP contribution in [0.5, 0.6) is 0 Å². The average Bonchev–Trinajstić information content (AvgIpc) is 1.34. The zero-order valence-corrected chi connectivity index (χ0v) is 81.5. The standard InChI is InChI=1S/C101H136N18O20/c1-61-16-12-11-13-17-62(2)81(130-8)52-75-23-19-67(7)101(129,139-75)90(124)96(126)118-31-15-14-18-78(118)97(127)137-82(53-79(120)63(3)47-66(6)88(123)89(132-10)87(122)65(5)46-61)64(4)48-68-21-24-80(83(50-68)131-9)138-100(128)117-33-27-77-74(59-117)55-107-98(111-77)114-34-36-115(37-35-114)99-108-56-76(91(102)112-99)95(125)105-30-39-134-41-43-136-45-44-135-42-40-133-38-28-84(121)116-32-26-70-49-69(20-22-72(70)58-116)57-119-94-85(92(103)109-60-110-94)86(113-119)73-51-71-25-29-104-93(71)106-54-73/h11-13,16-17,20,22,25,29,47,49,51,54-56,60-61,63-65,67-68,75,78,80-83,88-89,123,129H,14-15,18-19,21,23-24,26-28,30-46,48,50,52-53,57-59H2,1-10H3,(H,104,106)(H,105,125)(H2,102,108,112)(H2,103,109,110)/b13-11?,16-12+,62-17?,66-47+/t61-,63-,64-,65-,67-,68+,75+,78+,80-,81+,82+,83-,88-,89+,101-/m1/s1. The number of Topliss-reactive ketones (excluding diaryl/α,β-unsaturated/α-hetero) is 3. The number of fused-ring (bicyclic) bond motifs is 7. The van der Waals surface area contributed by atoms with Crippen LogP contribution in [0.3, 0.4) is 0 Å². The number of benzene rings is 1. The Bertz CT molecular complexity index is 5580. The van der Waals surface area contributed by atoms with Crippen molar-refractivity contribution in [3.8, 4) is 11.3 Å². The third-order valence-corrected chi connectivity index (χ3v) is 28.1. The molecule has 12 heterocycles. The molecule has 0 spiro atoms. The number of nitrogens with two attached hydrogens (primary N) is 2. The number of carbonyl (C=O) groups excluding carboxylic acids is 8. The van der Waals surface area contributed by atoms with Crippen molar-refractivity contribution in [2.24, 2.45) is 35.5 Å². The van der Waals surface area contributed by atoms with Crippen molar-refractivity contribution in [1.29, 1.82) is 0 Å². The predicted octanol–water partition coefficient (Wildman–Crippen LogP) is 8.96. The smallest absolute Gasteiger partial charge is 0.410 e. The van der Waals surface area contributed by atoms with Gasteiger partial charge in [-0.1, -0.05) is 89.3 Å². The van der Waals surface area contributed by atoms with Gasteiger partial charge in [-0.25, -0.2) is 44.2 Å². The molecule has 6 aromatic heterocycles. The Morgan fingerprint density at radius 1 is 0.698 bits per heavy atom. The number of aromatic nitrogens is 10. The maximum atomic E-state index is 14.9. The number of aromatic amines is 1. The third-order valence-electron chi connectivity index (χ3n) is 28.1. The van der Waals surface area contributed by atoms with Gasteiger partial charge in [-0.15, -0.1) is 0 Å². The molecule has 38 heteroatoms. The third kappa shape index (κ3) is 26.0. The fourth-order valence-corrected chi connectivity index (χ4v) is 19.8. The number of piperidine rings is 1. The van der Waals surface area contributed by atoms with Crippen LogP contribution in [0.15, 0.2) is 109 Å². The number of ketones is 3. The predicted molar refractivity (Wildman–Crippen MR) is 516 cm³/mol. The molecule has 14 rings (SSSR count). The summed E-state index contributed by atoms with van der Waals surface area (Å²) in [5, 5.41) is 33.3. The Kier molecular flexibility index (Phi) is 36.2. The Labute approximate surface area is 810 Å². The maximum Gasteiger partial charge on any atom is 0.410 e. The molecular weight excluding hydrogens is 1790 g/mol. The molecule has 8 N–H and O–H groups in total. The quantitative estimate of drug-likeness (QED) is 0.0115. The number of esters is 1. The van der Waals surface area contributed by atoms with Crippen LogP contribution < -0.4 is 26.6 Å². The number of nitrogens with one attached hydrogen (secondary N) is 2. The van der Waals surface area contributed by atoms with E-state index in [0.29, 0.717) is 196 Å². The van der Waals surface area contributed by atoms with Gasteiger partial charge in [0.25, 0.3) is 17.6 Å². The van der Waals surface area contributed by atoms with Crippen LogP contribution in [0.25, 0.3) is 33.3 Å². The molecule has 1 saturated carbocycles. The highest BCUT2D eigenvalue weighted by Gasteiger charge is 2.54. The maximum absolute atomic E-state index is 14.9. The lowest BCUT2D eigenvalue weighted by atomic mass is 9.78. The second-order valence-corrected chi connectivity index (χ2v) is 37.9. The first-order chi connectivity index (χ1) is 67.1. The van der Waals surface area contributed by atoms with Crippen molar-refractivity contribution in [2.75, 3.05) is 148 Å². The highest BCUT2D eigenvalue weighted by atomic mass is 16.6. The van der Waals surface area contributed by atoms with Gasteiger partial charge in [0.1, 0.15) is 65.5 Å². The summed E-state index contributed by atoms with van der Waals surface area (Å²) in [6.07, 6.45) is 19.0. The molecule has 0 unspecified atom stereocenters. The number of hydrogen-bond donors (Lipinski definition) is 6. The van der Waals surface area contributed by atoms with Gasteiger partial charge in [0.15, 0.2) is 11.4 Å². The molecule has 6 aliphatic heterocycles. The molecule has 750 valence electrons. The summed E-state index contributed by atoms with van der Waals surface area (Å²) in [5.74, 6) is -7.85. The lowest BCUT2D eigenvalue weighted by molar-refractivity contribution is -0.265. The zero-order chi connectivity index (χ0) is 98.6. The molecule has 7 aliphatic rings. The number of nitrogens with zero attached hydrogens (tertiary/aromatic N) is 14. The molecule has 4 fully saturated rings. The van der Waals surface area contributed by atoms with E-state index in [1.54, 1.807) is 65.3 Å². The van der Waals surface area contributed by atoms with Gasteiger partial charge in [0.05, 0.1) is 107 Å². The minimum absolute atomic E-state index is 0.0268. The fraction of sp³-hybridized carbons (Fsp3) is 0.584. The van der Waals surface area contributed by atoms with Crippen LogP contribution in [-0.4, -0.2) is 303 Å². The highest BCUT2D eigenvalue weighted by molar-refractivity contribution is 6.39. The molecule has 139 heavy (non-hydrogen) atoms. The van der Waals surface area contributed by atoms with Crippen LogP contribution in [0, 0.1) is 35.5 Å². The van der Waals surface area contributed by atoms with E-state index in [-0.39, 0.29) is 99.2 Å². The topological polar surface area (TPSA) is 473 Å². The van der Waals surface area contributed by atoms with E-state index in [4.69, 9.17) is 73.9 Å². The molecular formula is C101H136N18O20. The van der Waals surface area contributed by atoms with Crippen LogP contribution in [-0.2, 0) is 109 Å². The molecule has 38 nitrogen and oxygen atoms in total. The summed E-state index contributed by atoms with van der Waals surface area (Å²) in [5.41, 5.74) is 22.0. The first-order valence-electron chi connectivity index (χ1n) is 48.9. The van der Waals surface area contributed by atoms with Crippen molar-refractivity contribution >= 4 is 92.7 Å². The first kappa shape index (κ1) is 103. The van der Waals surface area contributed by atoms with Gasteiger partial charge in [-0.05, 0) is 142 Å². The van der Waals surface area contributed by atoms with Crippen LogP contribution in [0.4, 0.5) is 28.3 Å². The Hall–Kier alpha value is -11.5. The minimum atomic E-state index is -2.50. The summed E-state index contributed by atoms with van der Waals surface area (Å²) in [6, 6.07) is 9.09. The molecule has 3 saturated heterocycles. The molecule has 0 radical (unpaired) electrons. The summed E-state index contributed by atoms with van der Waals surface area (Å²) >= 11 is 0. The molecule has 2 bridgehead atoms. The van der Waals surface area contributed by atoms with Crippen molar-refractivity contribution in [3.05, 3.63) is 143 Å². The number of carbonyl (C=O) groups is 8. The van der Waals surface area contributed by atoms with Crippen LogP contribution in [0.1, 0.15) is 170 Å². The van der Waals surface area contributed by atoms with E-state index in [2.05, 4.69) is 58.3 Å². The van der Waals surface area contributed by atoms with E-state index < -0.39 is 108 Å². The van der Waals surface area contributed by atoms with E-state index in [1.165, 1.54) is 30.1 Å². The number of cyclic esters (lactones) is 1. The van der Waals surface area contributed by atoms with Crippen LogP contribution >= 0.6 is 0 Å². The Balaban J connectivity index is 0.482. The minimum Gasteiger partial charge on any atom is -0.460 e. The van der Waals surface area contributed by atoms with E-state index in [9.17, 15) is 48.6 Å². The van der Waals surface area contributed by atoms with Crippen molar-refractivity contribution in [2.45, 2.75) is 219 Å². The highest BCUT2D eigenvalue weighted by Crippen LogP contribution is 2.41. The lowest BCUT2D eigenvalue weighted by Gasteiger charge is -2.42. The molecule has 4 amide bonds. The SMILES string of the molecule is CO[C@H]1C[C@@H]2CC[C@@H](C)[C@@](O)(O2)C(=O)C(=O)N2CCCC[C@H]2C(=O)O[C@H]([C@H](C)C[C@@H]2CC[C@@H](OC(=O)N3CCc4nc(N5CCN(c6ncc(C(=O)NCCOCCOCCOCCOCCC(=O)N7CCc8cc(Cn9nc(-c%10cnc%11[nH]ccc%11c%10)c%10c(N)ncnc%109)ccc8C7)c(N)n6)CC5)ncc4C3)[C@H](OC)C2)CC(=O)[C@H](C)/C=C(\C)[C@@H](O)[C@@H](OC)C(=O)[C@H](C)C[C@H](C)/C=C/C=CC=C1C. The largest absolute Gasteiger partial charge is 0.460 e. The lowest BCUT2D eigenvalue weighted by Crippen LogP contribution is -2.61. The number of nitrogen functional groups attached to an aromatic ring is 2. The zero-order valence-electron chi connectivity index (χ0n) is 81.5. The number of aliphatic hydroxyl groups is 2. The van der Waals surface area contributed by atoms with Gasteiger partial charge in [0, 0.05) is 159 Å².